The normalized spacial score (nSPS) is 10.2. The minimum absolute atomic E-state index is 0.286. The largest absolute Gasteiger partial charge is 0.322 e. The Balaban J connectivity index is 2.22. The van der Waals surface area contributed by atoms with Crippen LogP contribution in [0.3, 0.4) is 0 Å². The van der Waals surface area contributed by atoms with Crippen LogP contribution in [0.25, 0.3) is 0 Å². The first-order chi connectivity index (χ1) is 8.58. The van der Waals surface area contributed by atoms with Crippen molar-refractivity contribution in [1.82, 2.24) is 9.97 Å². The van der Waals surface area contributed by atoms with E-state index >= 15 is 0 Å². The lowest BCUT2D eigenvalue weighted by molar-refractivity contribution is 0.102. The molecule has 1 aromatic heterocycles. The van der Waals surface area contributed by atoms with E-state index in [1.165, 1.54) is 12.5 Å². The molecule has 1 heterocycles. The van der Waals surface area contributed by atoms with Gasteiger partial charge in [0.05, 0.1) is 21.3 Å². The number of aryl methyl sites for hydroxylation is 1. The summed E-state index contributed by atoms with van der Waals surface area (Å²) in [4.78, 5) is 19.7. The maximum absolute atomic E-state index is 12.0. The second-order valence-corrected chi connectivity index (χ2v) is 4.42. The predicted molar refractivity (Wildman–Crippen MR) is 71.2 cm³/mol. The number of rotatable bonds is 2. The van der Waals surface area contributed by atoms with Gasteiger partial charge in [0.15, 0.2) is 0 Å². The Bertz CT molecular complexity index is 602. The zero-order valence-electron chi connectivity index (χ0n) is 9.45. The third kappa shape index (κ3) is 2.78. The van der Waals surface area contributed by atoms with Crippen LogP contribution in [0.15, 0.2) is 30.7 Å². The maximum atomic E-state index is 12.0. The number of benzene rings is 1. The van der Waals surface area contributed by atoms with Crippen molar-refractivity contribution in [3.05, 3.63) is 52.0 Å². The second-order valence-electron chi connectivity index (χ2n) is 3.60. The van der Waals surface area contributed by atoms with Crippen LogP contribution in [0.4, 0.5) is 5.69 Å². The lowest BCUT2D eigenvalue weighted by Gasteiger charge is -2.07. The molecule has 0 saturated carbocycles. The quantitative estimate of drug-likeness (QED) is 0.919. The molecule has 0 saturated heterocycles. The maximum Gasteiger partial charge on any atom is 0.259 e. The summed E-state index contributed by atoms with van der Waals surface area (Å²) in [5.41, 5.74) is 1.60. The molecular weight excluding hydrogens is 273 g/mol. The molecule has 0 fully saturated rings. The van der Waals surface area contributed by atoms with Crippen molar-refractivity contribution in [2.75, 3.05) is 5.32 Å². The molecule has 1 amide bonds. The molecule has 0 unspecified atom stereocenters. The Kier molecular flexibility index (Phi) is 3.79. The van der Waals surface area contributed by atoms with Gasteiger partial charge in [-0.05, 0) is 25.1 Å². The van der Waals surface area contributed by atoms with Crippen LogP contribution in [-0.2, 0) is 0 Å². The fourth-order valence-corrected chi connectivity index (χ4v) is 1.68. The smallest absolute Gasteiger partial charge is 0.259 e. The highest BCUT2D eigenvalue weighted by molar-refractivity contribution is 6.42. The van der Waals surface area contributed by atoms with E-state index in [1.807, 2.05) is 0 Å². The van der Waals surface area contributed by atoms with Crippen molar-refractivity contribution in [3.63, 3.8) is 0 Å². The first-order valence-electron chi connectivity index (χ1n) is 5.11. The van der Waals surface area contributed by atoms with Gasteiger partial charge in [-0.15, -0.1) is 0 Å². The monoisotopic (exact) mass is 281 g/mol. The average molecular weight is 282 g/mol. The van der Waals surface area contributed by atoms with Gasteiger partial charge in [-0.25, -0.2) is 9.97 Å². The number of nitrogens with one attached hydrogen (secondary N) is 1. The Hall–Kier alpha value is -1.65. The lowest BCUT2D eigenvalue weighted by Crippen LogP contribution is -2.14. The number of carbonyl (C=O) groups excluding carboxylic acids is 1. The van der Waals surface area contributed by atoms with Gasteiger partial charge in [-0.3, -0.25) is 4.79 Å². The summed E-state index contributed by atoms with van der Waals surface area (Å²) in [6.07, 6.45) is 2.86. The first-order valence-corrected chi connectivity index (χ1v) is 5.86. The first kappa shape index (κ1) is 12.8. The summed E-state index contributed by atoms with van der Waals surface area (Å²) in [7, 11) is 0. The molecule has 0 aliphatic carbocycles. The van der Waals surface area contributed by atoms with Crippen molar-refractivity contribution >= 4 is 34.8 Å². The molecule has 1 N–H and O–H groups in total. The Labute approximate surface area is 114 Å². The SMILES string of the molecule is Cc1ncncc1C(=O)Nc1ccc(Cl)c(Cl)c1. The van der Waals surface area contributed by atoms with Crippen molar-refractivity contribution in [2.45, 2.75) is 6.92 Å². The minimum Gasteiger partial charge on any atom is -0.322 e. The summed E-state index contributed by atoms with van der Waals surface area (Å²) >= 11 is 11.7. The van der Waals surface area contributed by atoms with Crippen molar-refractivity contribution < 1.29 is 4.79 Å². The number of anilines is 1. The van der Waals surface area contributed by atoms with Crippen LogP contribution in [-0.4, -0.2) is 15.9 Å². The summed E-state index contributed by atoms with van der Waals surface area (Å²) in [5, 5.41) is 3.53. The topological polar surface area (TPSA) is 54.9 Å². The summed E-state index contributed by atoms with van der Waals surface area (Å²) in [6, 6.07) is 4.88. The van der Waals surface area contributed by atoms with Crippen LogP contribution < -0.4 is 5.32 Å². The summed E-state index contributed by atoms with van der Waals surface area (Å²) < 4.78 is 0. The standard InChI is InChI=1S/C12H9Cl2N3O/c1-7-9(5-15-6-16-7)12(18)17-8-2-3-10(13)11(14)4-8/h2-6H,1H3,(H,17,18). The highest BCUT2D eigenvalue weighted by atomic mass is 35.5. The number of carbonyl (C=O) groups is 1. The van der Waals surface area contributed by atoms with Gasteiger partial charge in [-0.1, -0.05) is 23.2 Å². The number of nitrogens with zero attached hydrogens (tertiary/aromatic N) is 2. The molecule has 6 heteroatoms. The van der Waals surface area contributed by atoms with Crippen LogP contribution in [0.2, 0.25) is 10.0 Å². The molecule has 4 nitrogen and oxygen atoms in total. The van der Waals surface area contributed by atoms with Gasteiger partial charge in [0.2, 0.25) is 0 Å². The van der Waals surface area contributed by atoms with Gasteiger partial charge in [0.1, 0.15) is 6.33 Å². The zero-order valence-corrected chi connectivity index (χ0v) is 11.0. The summed E-state index contributed by atoms with van der Waals surface area (Å²) in [5.74, 6) is -0.286. The van der Waals surface area contributed by atoms with E-state index in [2.05, 4.69) is 15.3 Å². The third-order valence-electron chi connectivity index (χ3n) is 2.33. The van der Waals surface area contributed by atoms with Crippen molar-refractivity contribution in [2.24, 2.45) is 0 Å². The fourth-order valence-electron chi connectivity index (χ4n) is 1.39. The van der Waals surface area contributed by atoms with Gasteiger partial charge >= 0.3 is 0 Å². The molecule has 92 valence electrons. The molecule has 0 aliphatic rings. The molecule has 0 spiro atoms. The molecule has 0 atom stereocenters. The van der Waals surface area contributed by atoms with E-state index in [4.69, 9.17) is 23.2 Å². The number of hydrogen-bond acceptors (Lipinski definition) is 3. The predicted octanol–water partition coefficient (Wildman–Crippen LogP) is 3.34. The Morgan fingerprint density at radius 1 is 1.28 bits per heavy atom. The molecule has 2 rings (SSSR count). The average Bonchev–Trinajstić information content (AvgIpc) is 2.34. The highest BCUT2D eigenvalue weighted by Crippen LogP contribution is 2.25. The van der Waals surface area contributed by atoms with Crippen molar-refractivity contribution in [3.8, 4) is 0 Å². The van der Waals surface area contributed by atoms with Crippen molar-refractivity contribution in [1.29, 1.82) is 0 Å². The molecule has 1 aromatic carbocycles. The number of amides is 1. The summed E-state index contributed by atoms with van der Waals surface area (Å²) in [6.45, 7) is 1.74. The van der Waals surface area contributed by atoms with E-state index in [0.29, 0.717) is 27.0 Å². The molecule has 0 bridgehead atoms. The lowest BCUT2D eigenvalue weighted by atomic mass is 10.2. The Morgan fingerprint density at radius 3 is 2.72 bits per heavy atom. The van der Waals surface area contributed by atoms with E-state index in [1.54, 1.807) is 25.1 Å². The minimum atomic E-state index is -0.286. The third-order valence-corrected chi connectivity index (χ3v) is 3.07. The van der Waals surface area contributed by atoms with Crippen LogP contribution >= 0.6 is 23.2 Å². The number of hydrogen-bond donors (Lipinski definition) is 1. The van der Waals surface area contributed by atoms with Crippen LogP contribution in [0.5, 0.6) is 0 Å². The number of halogens is 2. The molecule has 2 aromatic rings. The van der Waals surface area contributed by atoms with Gasteiger partial charge < -0.3 is 5.32 Å². The van der Waals surface area contributed by atoms with E-state index < -0.39 is 0 Å². The van der Waals surface area contributed by atoms with E-state index in [-0.39, 0.29) is 5.91 Å². The van der Waals surface area contributed by atoms with Gasteiger partial charge in [-0.2, -0.15) is 0 Å². The number of aromatic nitrogens is 2. The molecule has 0 radical (unpaired) electrons. The van der Waals surface area contributed by atoms with Crippen LogP contribution in [0, 0.1) is 6.92 Å². The molecule has 0 aliphatic heterocycles. The van der Waals surface area contributed by atoms with Gasteiger partial charge in [0, 0.05) is 11.9 Å². The molecular formula is C12H9Cl2N3O. The van der Waals surface area contributed by atoms with Gasteiger partial charge in [0.25, 0.3) is 5.91 Å². The highest BCUT2D eigenvalue weighted by Gasteiger charge is 2.10. The van der Waals surface area contributed by atoms with Crippen LogP contribution in [0.1, 0.15) is 16.1 Å². The van der Waals surface area contributed by atoms with E-state index in [0.717, 1.165) is 0 Å². The molecule has 18 heavy (non-hydrogen) atoms. The Morgan fingerprint density at radius 2 is 2.06 bits per heavy atom. The second kappa shape index (κ2) is 5.33. The fraction of sp³-hybridized carbons (Fsp3) is 0.0833. The van der Waals surface area contributed by atoms with E-state index in [9.17, 15) is 4.79 Å². The zero-order chi connectivity index (χ0) is 13.1.